The highest BCUT2D eigenvalue weighted by Gasteiger charge is 2.29. The highest BCUT2D eigenvalue weighted by atomic mass is 19.1. The Bertz CT molecular complexity index is 423. The summed E-state index contributed by atoms with van der Waals surface area (Å²) in [6.45, 7) is 2.37. The summed E-state index contributed by atoms with van der Waals surface area (Å²) in [7, 11) is 0. The number of hydrogen-bond acceptors (Lipinski definition) is 3. The Morgan fingerprint density at radius 3 is 2.94 bits per heavy atom. The van der Waals surface area contributed by atoms with Crippen molar-refractivity contribution in [3.8, 4) is 0 Å². The molecule has 1 heterocycles. The van der Waals surface area contributed by atoms with Gasteiger partial charge in [-0.2, -0.15) is 0 Å². The minimum Gasteiger partial charge on any atom is -0.391 e. The lowest BCUT2D eigenvalue weighted by atomic mass is 10.3. The topological polar surface area (TPSA) is 43.8 Å². The normalized spacial score (nSPS) is 17.7. The molecule has 1 aliphatic heterocycles. The van der Waals surface area contributed by atoms with E-state index in [0.29, 0.717) is 18.7 Å². The highest BCUT2D eigenvalue weighted by Crippen LogP contribution is 2.23. The van der Waals surface area contributed by atoms with Crippen molar-refractivity contribution in [1.29, 1.82) is 0 Å². The van der Waals surface area contributed by atoms with E-state index >= 15 is 0 Å². The van der Waals surface area contributed by atoms with E-state index < -0.39 is 6.10 Å². The van der Waals surface area contributed by atoms with E-state index in [2.05, 4.69) is 0 Å². The summed E-state index contributed by atoms with van der Waals surface area (Å²) in [4.78, 5) is 11.7. The van der Waals surface area contributed by atoms with Gasteiger partial charge >= 0.3 is 0 Å². The molecule has 0 radical (unpaired) electrons. The standard InChI is InChI=1S/C12H15FN2O2/c1-9(16)8-15-12(17)5-6-14(15)11-4-2-3-10(13)7-11/h2-4,7,9,16H,5-6,8H2,1H3. The summed E-state index contributed by atoms with van der Waals surface area (Å²) in [5.41, 5.74) is 0.636. The second kappa shape index (κ2) is 4.71. The maximum atomic E-state index is 13.1. The molecule has 92 valence electrons. The Hall–Kier alpha value is -1.62. The maximum Gasteiger partial charge on any atom is 0.243 e. The average Bonchev–Trinajstić information content (AvgIpc) is 2.60. The van der Waals surface area contributed by atoms with Crippen molar-refractivity contribution in [2.24, 2.45) is 0 Å². The molecular formula is C12H15FN2O2. The molecule has 1 aromatic rings. The van der Waals surface area contributed by atoms with Crippen LogP contribution in [0, 0.1) is 5.82 Å². The number of benzene rings is 1. The van der Waals surface area contributed by atoms with Crippen molar-refractivity contribution < 1.29 is 14.3 Å². The van der Waals surface area contributed by atoms with E-state index in [1.54, 1.807) is 24.1 Å². The quantitative estimate of drug-likeness (QED) is 0.859. The first kappa shape index (κ1) is 11.9. The SMILES string of the molecule is CC(O)CN1C(=O)CCN1c1cccc(F)c1. The fourth-order valence-corrected chi connectivity index (χ4v) is 1.94. The predicted molar refractivity (Wildman–Crippen MR) is 61.8 cm³/mol. The number of aliphatic hydroxyl groups is 1. The predicted octanol–water partition coefficient (Wildman–Crippen LogP) is 1.16. The molecule has 4 nitrogen and oxygen atoms in total. The smallest absolute Gasteiger partial charge is 0.243 e. The number of aliphatic hydroxyl groups excluding tert-OH is 1. The molecule has 1 N–H and O–H groups in total. The van der Waals surface area contributed by atoms with Crippen LogP contribution < -0.4 is 5.01 Å². The zero-order chi connectivity index (χ0) is 12.4. The van der Waals surface area contributed by atoms with Gasteiger partial charge in [0.1, 0.15) is 5.82 Å². The molecule has 1 fully saturated rings. The molecule has 0 spiro atoms. The van der Waals surface area contributed by atoms with Crippen LogP contribution in [-0.2, 0) is 4.79 Å². The van der Waals surface area contributed by atoms with Crippen molar-refractivity contribution >= 4 is 11.6 Å². The summed E-state index contributed by atoms with van der Waals surface area (Å²) in [5.74, 6) is -0.381. The molecular weight excluding hydrogens is 223 g/mol. The van der Waals surface area contributed by atoms with Gasteiger partial charge in [0.15, 0.2) is 0 Å². The van der Waals surface area contributed by atoms with Crippen molar-refractivity contribution in [1.82, 2.24) is 5.01 Å². The van der Waals surface area contributed by atoms with Crippen LogP contribution in [0.2, 0.25) is 0 Å². The Kier molecular flexibility index (Phi) is 3.28. The molecule has 1 amide bonds. The summed E-state index contributed by atoms with van der Waals surface area (Å²) < 4.78 is 13.1. The molecule has 1 aromatic carbocycles. The fourth-order valence-electron chi connectivity index (χ4n) is 1.94. The van der Waals surface area contributed by atoms with E-state index in [-0.39, 0.29) is 18.3 Å². The molecule has 1 saturated heterocycles. The van der Waals surface area contributed by atoms with Gasteiger partial charge in [-0.3, -0.25) is 14.8 Å². The van der Waals surface area contributed by atoms with Crippen molar-refractivity contribution in [3.05, 3.63) is 30.1 Å². The van der Waals surface area contributed by atoms with Crippen molar-refractivity contribution in [3.63, 3.8) is 0 Å². The van der Waals surface area contributed by atoms with E-state index in [1.807, 2.05) is 0 Å². The number of amides is 1. The third kappa shape index (κ3) is 2.55. The number of anilines is 1. The molecule has 0 aliphatic carbocycles. The van der Waals surface area contributed by atoms with Crippen LogP contribution in [0.5, 0.6) is 0 Å². The Balaban J connectivity index is 2.22. The number of carbonyl (C=O) groups excluding carboxylic acids is 1. The number of carbonyl (C=O) groups is 1. The minimum atomic E-state index is -0.604. The Labute approximate surface area is 99.2 Å². The maximum absolute atomic E-state index is 13.1. The lowest BCUT2D eigenvalue weighted by molar-refractivity contribution is -0.129. The third-order valence-corrected chi connectivity index (χ3v) is 2.66. The third-order valence-electron chi connectivity index (χ3n) is 2.66. The van der Waals surface area contributed by atoms with Gasteiger partial charge in [0.2, 0.25) is 5.91 Å². The number of halogens is 1. The largest absolute Gasteiger partial charge is 0.391 e. The molecule has 1 unspecified atom stereocenters. The fraction of sp³-hybridized carbons (Fsp3) is 0.417. The zero-order valence-corrected chi connectivity index (χ0v) is 9.64. The molecule has 0 aromatic heterocycles. The van der Waals surface area contributed by atoms with Crippen molar-refractivity contribution in [2.45, 2.75) is 19.4 Å². The van der Waals surface area contributed by atoms with Crippen LogP contribution in [0.25, 0.3) is 0 Å². The second-order valence-corrected chi connectivity index (χ2v) is 4.18. The second-order valence-electron chi connectivity index (χ2n) is 4.18. The highest BCUT2D eigenvalue weighted by molar-refractivity contribution is 5.81. The summed E-state index contributed by atoms with van der Waals surface area (Å²) in [6, 6.07) is 6.10. The van der Waals surface area contributed by atoms with Crippen molar-refractivity contribution in [2.75, 3.05) is 18.1 Å². The Morgan fingerprint density at radius 1 is 1.53 bits per heavy atom. The Morgan fingerprint density at radius 2 is 2.29 bits per heavy atom. The summed E-state index contributed by atoms with van der Waals surface area (Å²) >= 11 is 0. The molecule has 1 atom stereocenters. The van der Waals surface area contributed by atoms with Crippen LogP contribution in [0.15, 0.2) is 24.3 Å². The number of β-amino-alcohol motifs (C(OH)–C–C–N with tert-alkyl or cyclic N) is 1. The first-order valence-electron chi connectivity index (χ1n) is 5.59. The van der Waals surface area contributed by atoms with Gasteiger partial charge in [-0.05, 0) is 25.1 Å². The van der Waals surface area contributed by atoms with Gasteiger partial charge < -0.3 is 5.11 Å². The van der Waals surface area contributed by atoms with Crippen LogP contribution in [0.1, 0.15) is 13.3 Å². The molecule has 0 saturated carbocycles. The van der Waals surface area contributed by atoms with E-state index in [1.165, 1.54) is 17.1 Å². The van der Waals surface area contributed by atoms with Crippen LogP contribution >= 0.6 is 0 Å². The zero-order valence-electron chi connectivity index (χ0n) is 9.64. The number of rotatable bonds is 3. The van der Waals surface area contributed by atoms with Crippen LogP contribution in [-0.4, -0.2) is 35.2 Å². The van der Waals surface area contributed by atoms with E-state index in [4.69, 9.17) is 0 Å². The average molecular weight is 238 g/mol. The van der Waals surface area contributed by atoms with Crippen LogP contribution in [0.4, 0.5) is 10.1 Å². The molecule has 1 aliphatic rings. The molecule has 0 bridgehead atoms. The van der Waals surface area contributed by atoms with Gasteiger partial charge in [0.25, 0.3) is 0 Å². The monoisotopic (exact) mass is 238 g/mol. The summed E-state index contributed by atoms with van der Waals surface area (Å²) in [5, 5.41) is 12.5. The molecule has 5 heteroatoms. The first-order valence-corrected chi connectivity index (χ1v) is 5.59. The minimum absolute atomic E-state index is 0.0461. The molecule has 17 heavy (non-hydrogen) atoms. The first-order chi connectivity index (χ1) is 8.08. The lowest BCUT2D eigenvalue weighted by Gasteiger charge is -2.30. The number of nitrogens with zero attached hydrogens (tertiary/aromatic N) is 2. The molecule has 2 rings (SSSR count). The van der Waals surface area contributed by atoms with Gasteiger partial charge in [-0.25, -0.2) is 4.39 Å². The van der Waals surface area contributed by atoms with E-state index in [9.17, 15) is 14.3 Å². The van der Waals surface area contributed by atoms with Gasteiger partial charge in [0, 0.05) is 13.0 Å². The summed E-state index contributed by atoms with van der Waals surface area (Å²) in [6.07, 6.45) is -0.212. The van der Waals surface area contributed by atoms with Crippen LogP contribution in [0.3, 0.4) is 0 Å². The van der Waals surface area contributed by atoms with Gasteiger partial charge in [-0.1, -0.05) is 6.07 Å². The van der Waals surface area contributed by atoms with E-state index in [0.717, 1.165) is 0 Å². The van der Waals surface area contributed by atoms with Gasteiger partial charge in [0.05, 0.1) is 18.3 Å². The lowest BCUT2D eigenvalue weighted by Crippen LogP contribution is -2.43. The number of hydrazine groups is 1. The number of hydrogen-bond donors (Lipinski definition) is 1. The van der Waals surface area contributed by atoms with Gasteiger partial charge in [-0.15, -0.1) is 0 Å².